The van der Waals surface area contributed by atoms with E-state index in [0.717, 1.165) is 58.0 Å². The molecule has 4 aliphatic carbocycles. The molecule has 13 N–H and O–H groups in total. The number of fused-ring (bicyclic) bond motifs is 7. The minimum Gasteiger partial charge on any atom is -0.394 e. The van der Waals surface area contributed by atoms with Crippen LogP contribution in [0.5, 0.6) is 0 Å². The van der Waals surface area contributed by atoms with E-state index in [1.807, 2.05) is 0 Å². The Hall–Kier alpha value is -0.920. The lowest BCUT2D eigenvalue weighted by Gasteiger charge is -2.61. The van der Waals surface area contributed by atoms with Gasteiger partial charge in [0.1, 0.15) is 97.7 Å². The number of rotatable bonds is 12. The Morgan fingerprint density at radius 1 is 0.473 bits per heavy atom. The summed E-state index contributed by atoms with van der Waals surface area (Å²) in [7, 11) is 0. The molecule has 23 heteroatoms. The third kappa shape index (κ3) is 9.56. The fraction of sp³-hybridized carbons (Fsp3) is 1.00. The van der Waals surface area contributed by atoms with Crippen LogP contribution in [0.25, 0.3) is 0 Å². The lowest BCUT2D eigenvalue weighted by atomic mass is 9.44. The van der Waals surface area contributed by atoms with Crippen molar-refractivity contribution in [1.82, 2.24) is 0 Å². The molecule has 32 atom stereocenters. The second-order valence-corrected chi connectivity index (χ2v) is 24.3. The maximum atomic E-state index is 11.8. The summed E-state index contributed by atoms with van der Waals surface area (Å²) in [5.74, 6) is 2.99. The van der Waals surface area contributed by atoms with Crippen molar-refractivity contribution in [3.8, 4) is 0 Å². The number of hydrogen-bond acceptors (Lipinski definition) is 23. The predicted molar refractivity (Wildman–Crippen MR) is 248 cm³/mol. The lowest BCUT2D eigenvalue weighted by molar-refractivity contribution is -0.406. The molecule has 10 fully saturated rings. The molecule has 0 bridgehead atoms. The maximum absolute atomic E-state index is 11.8. The molecule has 0 aromatic carbocycles. The van der Waals surface area contributed by atoms with Gasteiger partial charge in [0.25, 0.3) is 0 Å². The van der Waals surface area contributed by atoms with Gasteiger partial charge < -0.3 is 114 Å². The van der Waals surface area contributed by atoms with Gasteiger partial charge in [-0.15, -0.1) is 0 Å². The van der Waals surface area contributed by atoms with Crippen LogP contribution >= 0.6 is 0 Å². The normalized spacial score (nSPS) is 57.6. The molecule has 6 heterocycles. The van der Waals surface area contributed by atoms with Crippen LogP contribution in [-0.4, -0.2) is 240 Å². The van der Waals surface area contributed by atoms with Crippen LogP contribution in [0.1, 0.15) is 91.9 Å². The Labute approximate surface area is 430 Å². The summed E-state index contributed by atoms with van der Waals surface area (Å²) in [5, 5.41) is 140. The van der Waals surface area contributed by atoms with Gasteiger partial charge in [-0.2, -0.15) is 0 Å². The Kier molecular flexibility index (Phi) is 16.6. The van der Waals surface area contributed by atoms with E-state index >= 15 is 0 Å². The third-order valence-corrected chi connectivity index (χ3v) is 20.4. The van der Waals surface area contributed by atoms with E-state index in [4.69, 9.17) is 47.4 Å². The Balaban J connectivity index is 0.820. The smallest absolute Gasteiger partial charge is 0.187 e. The average molecular weight is 1070 g/mol. The van der Waals surface area contributed by atoms with Crippen molar-refractivity contribution < 1.29 is 114 Å². The van der Waals surface area contributed by atoms with Crippen molar-refractivity contribution in [2.24, 2.45) is 52.3 Å². The minimum absolute atomic E-state index is 0.0782. The van der Waals surface area contributed by atoms with Gasteiger partial charge in [-0.3, -0.25) is 0 Å². The number of ether oxygens (including phenoxy) is 10. The van der Waals surface area contributed by atoms with E-state index in [0.29, 0.717) is 54.3 Å². The van der Waals surface area contributed by atoms with Crippen molar-refractivity contribution in [3.63, 3.8) is 0 Å². The molecule has 0 aromatic rings. The maximum Gasteiger partial charge on any atom is 0.187 e. The highest BCUT2D eigenvalue weighted by atomic mass is 16.8. The first-order chi connectivity index (χ1) is 35.2. The Morgan fingerprint density at radius 2 is 1.01 bits per heavy atom. The number of aliphatic hydroxyl groups excluding tert-OH is 13. The summed E-state index contributed by atoms with van der Waals surface area (Å²) in [6.07, 6.45) is -25.9. The zero-order valence-corrected chi connectivity index (χ0v) is 42.7. The molecule has 1 spiro atoms. The highest BCUT2D eigenvalue weighted by molar-refractivity contribution is 5.15. The van der Waals surface area contributed by atoms with Crippen LogP contribution in [0.15, 0.2) is 0 Å². The fourth-order valence-electron chi connectivity index (χ4n) is 16.2. The van der Waals surface area contributed by atoms with Crippen molar-refractivity contribution in [3.05, 3.63) is 0 Å². The van der Waals surface area contributed by atoms with E-state index in [1.54, 1.807) is 0 Å². The van der Waals surface area contributed by atoms with Crippen LogP contribution < -0.4 is 0 Å². The quantitative estimate of drug-likeness (QED) is 0.0872. The van der Waals surface area contributed by atoms with Crippen LogP contribution in [0.2, 0.25) is 0 Å². The molecular weight excluding hydrogens is 981 g/mol. The van der Waals surface area contributed by atoms with Gasteiger partial charge in [0.15, 0.2) is 30.9 Å². The van der Waals surface area contributed by atoms with Crippen LogP contribution in [-0.2, 0) is 47.4 Å². The van der Waals surface area contributed by atoms with E-state index < -0.39 is 155 Å². The summed E-state index contributed by atoms with van der Waals surface area (Å²) in [6, 6.07) is 0. The van der Waals surface area contributed by atoms with Crippen LogP contribution in [0.3, 0.4) is 0 Å². The van der Waals surface area contributed by atoms with Crippen LogP contribution in [0, 0.1) is 52.3 Å². The fourth-order valence-corrected chi connectivity index (χ4v) is 16.2. The molecule has 0 amide bonds. The van der Waals surface area contributed by atoms with Gasteiger partial charge in [0.2, 0.25) is 0 Å². The number of hydrogen-bond donors (Lipinski definition) is 13. The van der Waals surface area contributed by atoms with Crippen LogP contribution in [0.4, 0.5) is 0 Å². The summed E-state index contributed by atoms with van der Waals surface area (Å²) in [5.41, 5.74) is 0.270. The molecule has 74 heavy (non-hydrogen) atoms. The second kappa shape index (κ2) is 21.9. The second-order valence-electron chi connectivity index (χ2n) is 24.3. The highest BCUT2D eigenvalue weighted by Crippen LogP contribution is 2.71. The molecule has 19 unspecified atom stereocenters. The van der Waals surface area contributed by atoms with E-state index in [1.165, 1.54) is 0 Å². The molecule has 0 radical (unpaired) electrons. The molecular formula is C51H84O23. The lowest BCUT2D eigenvalue weighted by Crippen LogP contribution is -2.68. The topological polar surface area (TPSA) is 355 Å². The molecule has 10 aliphatic rings. The number of aliphatic hydroxyl groups is 13. The Morgan fingerprint density at radius 3 is 1.62 bits per heavy atom. The minimum atomic E-state index is -2.03. The van der Waals surface area contributed by atoms with E-state index in [9.17, 15) is 66.4 Å². The molecule has 4 saturated carbocycles. The van der Waals surface area contributed by atoms with Crippen molar-refractivity contribution in [1.29, 1.82) is 0 Å². The zero-order chi connectivity index (χ0) is 52.9. The third-order valence-electron chi connectivity index (χ3n) is 20.4. The summed E-state index contributed by atoms with van der Waals surface area (Å²) >= 11 is 0. The van der Waals surface area contributed by atoms with Gasteiger partial charge in [-0.25, -0.2) is 0 Å². The first kappa shape index (κ1) is 56.4. The molecule has 6 saturated heterocycles. The average Bonchev–Trinajstić information content (AvgIpc) is 3.84. The molecule has 23 nitrogen and oxygen atoms in total. The highest BCUT2D eigenvalue weighted by Gasteiger charge is 2.69. The first-order valence-corrected chi connectivity index (χ1v) is 27.3. The zero-order valence-electron chi connectivity index (χ0n) is 42.7. The summed E-state index contributed by atoms with van der Waals surface area (Å²) < 4.78 is 61.6. The predicted octanol–water partition coefficient (Wildman–Crippen LogP) is -2.91. The molecule has 6 aliphatic heterocycles. The largest absolute Gasteiger partial charge is 0.394 e. The van der Waals surface area contributed by atoms with Gasteiger partial charge in [0, 0.05) is 12.3 Å². The molecule has 0 aromatic heterocycles. The van der Waals surface area contributed by atoms with E-state index in [-0.39, 0.29) is 23.0 Å². The monoisotopic (exact) mass is 1060 g/mol. The van der Waals surface area contributed by atoms with Crippen molar-refractivity contribution in [2.45, 2.75) is 233 Å². The molecule has 426 valence electrons. The summed E-state index contributed by atoms with van der Waals surface area (Å²) in [6.45, 7) is 6.96. The van der Waals surface area contributed by atoms with Gasteiger partial charge in [-0.1, -0.05) is 27.7 Å². The SMILES string of the molecule is CC1CC[C@@]2(OC1)O[C@@H]1C[C@@H]3[C@H]4CC[C@H]5CC(O[C@H]6OC(CO)C(O[C@H]7OC(CO)C(O)C(O[C@H]8OC(CO)C(O)C(O)C8O)C7O[C@@H]7OC(CO)C(O)C(O)C7O)C(O)C6O)CC[C@]5(C)[C@H]4CC[C@@]3(C)[C@H]1C2C. The Bertz CT molecular complexity index is 1880. The van der Waals surface area contributed by atoms with Crippen molar-refractivity contribution in [2.75, 3.05) is 33.0 Å². The first-order valence-electron chi connectivity index (χ1n) is 27.3. The van der Waals surface area contributed by atoms with Gasteiger partial charge in [-0.05, 0) is 104 Å². The van der Waals surface area contributed by atoms with E-state index in [2.05, 4.69) is 27.7 Å². The standard InChI is InChI=1S/C51H84O23/c1-20-7-12-51(65-19-20)21(2)32-27(74-51)14-26-24-6-5-22-13-23(8-10-49(22,3)25(24)9-11-50(26,32)4)66-45-41(64)38(61)42(31(18-55)70-45)71-48-44(73-47-40(63)37(60)34(57)29(16-53)68-47)43(35(58)30(17-54)69-48)72-46-39(62)36(59)33(56)28(15-52)67-46/h20-48,52-64H,5-19H2,1-4H3/t20?,21?,22-,23?,24-,25-,26+,27+,28?,29?,30?,31?,32-,33?,34?,35?,36?,37?,38?,39?,40?,41?,42?,43?,44?,45-,46+,47-,48+,49-,50+,51+/m0/s1. The molecule has 10 rings (SSSR count). The van der Waals surface area contributed by atoms with Gasteiger partial charge in [0.05, 0.1) is 45.2 Å². The van der Waals surface area contributed by atoms with Gasteiger partial charge >= 0.3 is 0 Å². The summed E-state index contributed by atoms with van der Waals surface area (Å²) in [4.78, 5) is 0. The van der Waals surface area contributed by atoms with Crippen molar-refractivity contribution >= 4 is 0 Å².